The number of hydrogen-bond acceptors (Lipinski definition) is 4. The topological polar surface area (TPSA) is 34.1 Å². The van der Waals surface area contributed by atoms with E-state index < -0.39 is 0 Å². The SMILES string of the molecule is COC1(c2nc3cc(Cl)ccc3s2)CCNCC1. The number of fused-ring (bicyclic) bond motifs is 1. The van der Waals surface area contributed by atoms with Crippen molar-refractivity contribution in [3.63, 3.8) is 0 Å². The summed E-state index contributed by atoms with van der Waals surface area (Å²) in [5.41, 5.74) is 0.749. The van der Waals surface area contributed by atoms with Crippen LogP contribution in [0.4, 0.5) is 0 Å². The molecular formula is C13H15ClN2OS. The van der Waals surface area contributed by atoms with E-state index in [9.17, 15) is 0 Å². The van der Waals surface area contributed by atoms with Crippen molar-refractivity contribution < 1.29 is 4.74 Å². The lowest BCUT2D eigenvalue weighted by molar-refractivity contribution is -0.0391. The first kappa shape index (κ1) is 12.4. The van der Waals surface area contributed by atoms with Crippen LogP contribution in [0, 0.1) is 0 Å². The van der Waals surface area contributed by atoms with Gasteiger partial charge >= 0.3 is 0 Å². The van der Waals surface area contributed by atoms with Gasteiger partial charge < -0.3 is 10.1 Å². The maximum absolute atomic E-state index is 6.01. The molecule has 3 nitrogen and oxygen atoms in total. The van der Waals surface area contributed by atoms with E-state index in [0.29, 0.717) is 0 Å². The quantitative estimate of drug-likeness (QED) is 0.919. The van der Waals surface area contributed by atoms with Gasteiger partial charge in [-0.05, 0) is 44.1 Å². The second kappa shape index (κ2) is 4.78. The number of hydrogen-bond donors (Lipinski definition) is 1. The molecule has 2 aromatic rings. The summed E-state index contributed by atoms with van der Waals surface area (Å²) in [5, 5.41) is 5.17. The molecule has 1 fully saturated rings. The molecule has 0 spiro atoms. The van der Waals surface area contributed by atoms with Crippen molar-refractivity contribution in [1.82, 2.24) is 10.3 Å². The van der Waals surface area contributed by atoms with Gasteiger partial charge in [-0.15, -0.1) is 11.3 Å². The Hall–Kier alpha value is -0.680. The lowest BCUT2D eigenvalue weighted by Gasteiger charge is -2.34. The summed E-state index contributed by atoms with van der Waals surface area (Å²) in [4.78, 5) is 4.72. The number of piperidine rings is 1. The number of ether oxygens (including phenoxy) is 1. The smallest absolute Gasteiger partial charge is 0.126 e. The second-order valence-corrected chi connectivity index (χ2v) is 6.05. The summed E-state index contributed by atoms with van der Waals surface area (Å²) >= 11 is 7.72. The van der Waals surface area contributed by atoms with Crippen molar-refractivity contribution >= 4 is 33.2 Å². The fourth-order valence-electron chi connectivity index (χ4n) is 2.43. The summed E-state index contributed by atoms with van der Waals surface area (Å²) in [6.07, 6.45) is 1.94. The van der Waals surface area contributed by atoms with Crippen molar-refractivity contribution in [2.24, 2.45) is 0 Å². The monoisotopic (exact) mass is 282 g/mol. The Bertz CT molecular complexity index is 563. The number of nitrogens with zero attached hydrogens (tertiary/aromatic N) is 1. The van der Waals surface area contributed by atoms with Gasteiger partial charge in [-0.1, -0.05) is 11.6 Å². The third-order valence-electron chi connectivity index (χ3n) is 3.54. The molecule has 0 amide bonds. The number of methoxy groups -OCH3 is 1. The van der Waals surface area contributed by atoms with Crippen molar-refractivity contribution in [3.05, 3.63) is 28.2 Å². The zero-order chi connectivity index (χ0) is 12.6. The molecule has 3 rings (SSSR count). The van der Waals surface area contributed by atoms with Crippen LogP contribution in [0.5, 0.6) is 0 Å². The lowest BCUT2D eigenvalue weighted by atomic mass is 9.93. The predicted octanol–water partition coefficient (Wildman–Crippen LogP) is 3.17. The van der Waals surface area contributed by atoms with Crippen LogP contribution < -0.4 is 5.32 Å². The molecule has 1 aliphatic rings. The maximum Gasteiger partial charge on any atom is 0.126 e. The van der Waals surface area contributed by atoms with Gasteiger partial charge in [0.2, 0.25) is 0 Å². The molecule has 1 aliphatic heterocycles. The largest absolute Gasteiger partial charge is 0.371 e. The fourth-order valence-corrected chi connectivity index (χ4v) is 3.77. The molecule has 5 heteroatoms. The van der Waals surface area contributed by atoms with Crippen LogP contribution in [0.15, 0.2) is 18.2 Å². The van der Waals surface area contributed by atoms with Gasteiger partial charge in [0.05, 0.1) is 10.2 Å². The molecule has 2 heterocycles. The molecule has 1 N–H and O–H groups in total. The van der Waals surface area contributed by atoms with Crippen LogP contribution in [-0.4, -0.2) is 25.2 Å². The van der Waals surface area contributed by atoms with Crippen molar-refractivity contribution in [3.8, 4) is 0 Å². The van der Waals surface area contributed by atoms with E-state index in [4.69, 9.17) is 21.3 Å². The number of halogens is 1. The van der Waals surface area contributed by atoms with Crippen molar-refractivity contribution in [2.45, 2.75) is 18.4 Å². The molecule has 96 valence electrons. The van der Waals surface area contributed by atoms with Gasteiger partial charge in [0.15, 0.2) is 0 Å². The highest BCUT2D eigenvalue weighted by molar-refractivity contribution is 7.18. The molecule has 0 unspecified atom stereocenters. The van der Waals surface area contributed by atoms with Crippen LogP contribution in [0.1, 0.15) is 17.8 Å². The molecule has 1 saturated heterocycles. The lowest BCUT2D eigenvalue weighted by Crippen LogP contribution is -2.41. The van der Waals surface area contributed by atoms with Crippen LogP contribution in [0.2, 0.25) is 5.02 Å². The molecule has 0 bridgehead atoms. The van der Waals surface area contributed by atoms with E-state index in [1.54, 1.807) is 18.4 Å². The summed E-state index contributed by atoms with van der Waals surface area (Å²) < 4.78 is 6.97. The third-order valence-corrected chi connectivity index (χ3v) is 5.00. The van der Waals surface area contributed by atoms with Gasteiger partial charge in [-0.2, -0.15) is 0 Å². The minimum Gasteiger partial charge on any atom is -0.371 e. The van der Waals surface area contributed by atoms with E-state index >= 15 is 0 Å². The number of thiazole rings is 1. The second-order valence-electron chi connectivity index (χ2n) is 4.58. The Morgan fingerprint density at radius 1 is 1.39 bits per heavy atom. The standard InChI is InChI=1S/C13H15ClN2OS/c1-17-13(4-6-15-7-5-13)12-16-10-8-9(14)2-3-11(10)18-12/h2-3,8,15H,4-7H2,1H3. The first-order valence-corrected chi connectivity index (χ1v) is 7.25. The van der Waals surface area contributed by atoms with Crippen LogP contribution in [0.25, 0.3) is 10.2 Å². The Balaban J connectivity index is 2.06. The van der Waals surface area contributed by atoms with E-state index in [1.807, 2.05) is 18.2 Å². The Morgan fingerprint density at radius 3 is 2.89 bits per heavy atom. The zero-order valence-electron chi connectivity index (χ0n) is 10.2. The summed E-state index contributed by atoms with van der Waals surface area (Å²) in [5.74, 6) is 0. The summed E-state index contributed by atoms with van der Waals surface area (Å²) in [7, 11) is 1.78. The van der Waals surface area contributed by atoms with Crippen molar-refractivity contribution in [2.75, 3.05) is 20.2 Å². The average molecular weight is 283 g/mol. The molecule has 18 heavy (non-hydrogen) atoms. The van der Waals surface area contributed by atoms with E-state index in [1.165, 1.54) is 4.70 Å². The zero-order valence-corrected chi connectivity index (χ0v) is 11.8. The molecule has 1 aromatic carbocycles. The van der Waals surface area contributed by atoms with Gasteiger partial charge in [0, 0.05) is 12.1 Å². The minimum atomic E-state index is -0.221. The Morgan fingerprint density at radius 2 is 2.17 bits per heavy atom. The van der Waals surface area contributed by atoms with Gasteiger partial charge in [-0.3, -0.25) is 0 Å². The van der Waals surface area contributed by atoms with Gasteiger partial charge in [0.25, 0.3) is 0 Å². The minimum absolute atomic E-state index is 0.221. The van der Waals surface area contributed by atoms with Crippen molar-refractivity contribution in [1.29, 1.82) is 0 Å². The highest BCUT2D eigenvalue weighted by Crippen LogP contribution is 2.39. The fraction of sp³-hybridized carbons (Fsp3) is 0.462. The average Bonchev–Trinajstić information content (AvgIpc) is 2.83. The Kier molecular flexibility index (Phi) is 3.28. The maximum atomic E-state index is 6.01. The van der Waals surface area contributed by atoms with Crippen LogP contribution in [-0.2, 0) is 10.3 Å². The number of benzene rings is 1. The van der Waals surface area contributed by atoms with E-state index in [-0.39, 0.29) is 5.60 Å². The molecule has 0 radical (unpaired) electrons. The highest BCUT2D eigenvalue weighted by atomic mass is 35.5. The first-order chi connectivity index (χ1) is 8.73. The molecule has 0 atom stereocenters. The van der Waals surface area contributed by atoms with Gasteiger partial charge in [0.1, 0.15) is 10.6 Å². The molecule has 0 saturated carbocycles. The number of rotatable bonds is 2. The van der Waals surface area contributed by atoms with Gasteiger partial charge in [-0.25, -0.2) is 4.98 Å². The third kappa shape index (κ3) is 2.03. The van der Waals surface area contributed by atoms with E-state index in [0.717, 1.165) is 41.5 Å². The first-order valence-electron chi connectivity index (χ1n) is 6.06. The molecular weight excluding hydrogens is 268 g/mol. The molecule has 0 aliphatic carbocycles. The Labute approximate surface area is 115 Å². The number of nitrogens with one attached hydrogen (secondary N) is 1. The van der Waals surface area contributed by atoms with Crippen LogP contribution >= 0.6 is 22.9 Å². The predicted molar refractivity (Wildman–Crippen MR) is 75.4 cm³/mol. The summed E-state index contributed by atoms with van der Waals surface area (Å²) in [6.45, 7) is 1.95. The highest BCUT2D eigenvalue weighted by Gasteiger charge is 2.36. The summed E-state index contributed by atoms with van der Waals surface area (Å²) in [6, 6.07) is 5.86. The normalized spacial score (nSPS) is 19.2. The van der Waals surface area contributed by atoms with E-state index in [2.05, 4.69) is 5.32 Å². The molecule has 1 aromatic heterocycles. The van der Waals surface area contributed by atoms with Crippen LogP contribution in [0.3, 0.4) is 0 Å². The number of aromatic nitrogens is 1.